The number of aromatic amines is 1. The first-order valence-electron chi connectivity index (χ1n) is 7.50. The molecule has 2 heterocycles. The molecule has 0 saturated carbocycles. The molecule has 0 spiro atoms. The van der Waals surface area contributed by atoms with E-state index in [9.17, 15) is 0 Å². The van der Waals surface area contributed by atoms with Gasteiger partial charge in [-0.05, 0) is 18.2 Å². The fourth-order valence-corrected chi connectivity index (χ4v) is 2.55. The molecular formula is C17H21N4O+. The highest BCUT2D eigenvalue weighted by Crippen LogP contribution is 2.15. The number of para-hydroxylation sites is 1. The fourth-order valence-electron chi connectivity index (χ4n) is 2.55. The number of hydrogen-bond donors (Lipinski definition) is 0. The number of ether oxygens (including phenoxy) is 1. The zero-order chi connectivity index (χ0) is 15.2. The lowest BCUT2D eigenvalue weighted by atomic mass is 10.2. The van der Waals surface area contributed by atoms with Crippen LogP contribution in [0.3, 0.4) is 0 Å². The number of H-pyrrole nitrogens is 1. The van der Waals surface area contributed by atoms with Crippen molar-refractivity contribution >= 4 is 12.0 Å². The molecule has 22 heavy (non-hydrogen) atoms. The monoisotopic (exact) mass is 297 g/mol. The standard InChI is InChI=1S/C17H20N4O/c1-22-16-7-3-2-6-15(16)14-19-21-12-10-20(11-13-21)17-8-4-5-9-18-17/h2-9,14H,10-13H2,1H3/p+1. The Morgan fingerprint density at radius 3 is 2.55 bits per heavy atom. The van der Waals surface area contributed by atoms with E-state index < -0.39 is 0 Å². The number of methoxy groups -OCH3 is 1. The van der Waals surface area contributed by atoms with Crippen molar-refractivity contribution in [3.05, 3.63) is 54.2 Å². The highest BCUT2D eigenvalue weighted by molar-refractivity contribution is 5.83. The van der Waals surface area contributed by atoms with Crippen LogP contribution in [-0.2, 0) is 0 Å². The van der Waals surface area contributed by atoms with Crippen molar-refractivity contribution in [2.24, 2.45) is 5.10 Å². The van der Waals surface area contributed by atoms with E-state index in [0.29, 0.717) is 0 Å². The van der Waals surface area contributed by atoms with E-state index >= 15 is 0 Å². The Hall–Kier alpha value is -2.56. The third-order valence-electron chi connectivity index (χ3n) is 3.79. The zero-order valence-electron chi connectivity index (χ0n) is 12.8. The average Bonchev–Trinajstić information content (AvgIpc) is 2.61. The van der Waals surface area contributed by atoms with Gasteiger partial charge in [-0.2, -0.15) is 5.10 Å². The number of aromatic nitrogens is 1. The van der Waals surface area contributed by atoms with Crippen molar-refractivity contribution in [2.45, 2.75) is 0 Å². The molecule has 0 bridgehead atoms. The molecule has 1 aliphatic rings. The van der Waals surface area contributed by atoms with Gasteiger partial charge >= 0.3 is 0 Å². The summed E-state index contributed by atoms with van der Waals surface area (Å²) < 4.78 is 5.34. The van der Waals surface area contributed by atoms with Gasteiger partial charge in [0.1, 0.15) is 18.8 Å². The van der Waals surface area contributed by atoms with E-state index in [1.54, 1.807) is 7.11 Å². The highest BCUT2D eigenvalue weighted by Gasteiger charge is 2.21. The van der Waals surface area contributed by atoms with Gasteiger partial charge in [-0.1, -0.05) is 18.2 Å². The van der Waals surface area contributed by atoms with Gasteiger partial charge in [-0.3, -0.25) is 9.91 Å². The fraction of sp³-hybridized carbons (Fsp3) is 0.294. The van der Waals surface area contributed by atoms with Crippen molar-refractivity contribution in [3.63, 3.8) is 0 Å². The second kappa shape index (κ2) is 6.93. The predicted molar refractivity (Wildman–Crippen MR) is 87.4 cm³/mol. The first-order valence-corrected chi connectivity index (χ1v) is 7.50. The molecule has 3 rings (SSSR count). The number of piperazine rings is 1. The Balaban J connectivity index is 1.59. The van der Waals surface area contributed by atoms with Gasteiger partial charge in [0.05, 0.1) is 32.6 Å². The predicted octanol–water partition coefficient (Wildman–Crippen LogP) is 1.67. The van der Waals surface area contributed by atoms with Crippen LogP contribution in [0, 0.1) is 0 Å². The smallest absolute Gasteiger partial charge is 0.274 e. The van der Waals surface area contributed by atoms with Crippen molar-refractivity contribution in [3.8, 4) is 5.75 Å². The first-order chi connectivity index (χ1) is 10.9. The average molecular weight is 297 g/mol. The van der Waals surface area contributed by atoms with E-state index in [1.807, 2.05) is 42.7 Å². The molecule has 2 aromatic rings. The van der Waals surface area contributed by atoms with Gasteiger partial charge in [0.25, 0.3) is 5.82 Å². The highest BCUT2D eigenvalue weighted by atomic mass is 16.5. The second-order valence-electron chi connectivity index (χ2n) is 5.18. The second-order valence-corrected chi connectivity index (χ2v) is 5.18. The molecule has 0 amide bonds. The topological polar surface area (TPSA) is 42.2 Å². The number of anilines is 1. The minimum Gasteiger partial charge on any atom is -0.496 e. The molecule has 5 heteroatoms. The SMILES string of the molecule is COc1ccccc1C=NN1CCN(c2cccc[nH+]2)CC1. The summed E-state index contributed by atoms with van der Waals surface area (Å²) in [4.78, 5) is 5.62. The summed E-state index contributed by atoms with van der Waals surface area (Å²) in [6.07, 6.45) is 3.84. The number of pyridine rings is 1. The van der Waals surface area contributed by atoms with Gasteiger partial charge < -0.3 is 4.74 Å². The summed E-state index contributed by atoms with van der Waals surface area (Å²) in [5.41, 5.74) is 1.00. The summed E-state index contributed by atoms with van der Waals surface area (Å²) in [6, 6.07) is 14.1. The van der Waals surface area contributed by atoms with Crippen LogP contribution in [0.5, 0.6) is 5.75 Å². The van der Waals surface area contributed by atoms with Crippen LogP contribution in [0.25, 0.3) is 0 Å². The van der Waals surface area contributed by atoms with Crippen LogP contribution in [0.4, 0.5) is 5.82 Å². The molecule has 1 aliphatic heterocycles. The molecule has 1 aromatic heterocycles. The van der Waals surface area contributed by atoms with E-state index in [1.165, 1.54) is 0 Å². The lowest BCUT2D eigenvalue weighted by molar-refractivity contribution is -0.364. The van der Waals surface area contributed by atoms with E-state index in [4.69, 9.17) is 4.74 Å². The van der Waals surface area contributed by atoms with Gasteiger partial charge in [0, 0.05) is 11.6 Å². The molecule has 1 saturated heterocycles. The van der Waals surface area contributed by atoms with Crippen LogP contribution in [0.15, 0.2) is 53.8 Å². The number of benzene rings is 1. The Kier molecular flexibility index (Phi) is 4.53. The van der Waals surface area contributed by atoms with E-state index in [2.05, 4.69) is 32.1 Å². The Morgan fingerprint density at radius 1 is 1.05 bits per heavy atom. The summed E-state index contributed by atoms with van der Waals surface area (Å²) >= 11 is 0. The molecule has 114 valence electrons. The van der Waals surface area contributed by atoms with E-state index in [0.717, 1.165) is 43.3 Å². The maximum atomic E-state index is 5.34. The zero-order valence-corrected chi connectivity index (χ0v) is 12.8. The lowest BCUT2D eigenvalue weighted by Crippen LogP contribution is -2.45. The third kappa shape index (κ3) is 3.36. The normalized spacial score (nSPS) is 15.3. The van der Waals surface area contributed by atoms with Crippen LogP contribution < -0.4 is 14.6 Å². The van der Waals surface area contributed by atoms with Crippen molar-refractivity contribution < 1.29 is 9.72 Å². The van der Waals surface area contributed by atoms with E-state index in [-0.39, 0.29) is 0 Å². The first kappa shape index (κ1) is 14.4. The number of hydrazone groups is 1. The maximum Gasteiger partial charge on any atom is 0.274 e. The van der Waals surface area contributed by atoms with Crippen molar-refractivity contribution in [1.29, 1.82) is 0 Å². The van der Waals surface area contributed by atoms with Crippen molar-refractivity contribution in [1.82, 2.24) is 5.01 Å². The molecular weight excluding hydrogens is 276 g/mol. The minimum absolute atomic E-state index is 0.851. The molecule has 1 fully saturated rings. The number of hydrogen-bond acceptors (Lipinski definition) is 4. The van der Waals surface area contributed by atoms with Gasteiger partial charge in [-0.25, -0.2) is 4.98 Å². The minimum atomic E-state index is 0.851. The Morgan fingerprint density at radius 2 is 1.82 bits per heavy atom. The summed E-state index contributed by atoms with van der Waals surface area (Å²) in [5, 5.41) is 6.68. The molecule has 0 atom stereocenters. The van der Waals surface area contributed by atoms with Crippen LogP contribution in [0.2, 0.25) is 0 Å². The third-order valence-corrected chi connectivity index (χ3v) is 3.79. The summed E-state index contributed by atoms with van der Waals surface area (Å²) in [5.74, 6) is 2.01. The molecule has 0 aliphatic carbocycles. The number of nitrogens with one attached hydrogen (secondary N) is 1. The number of nitrogens with zero attached hydrogens (tertiary/aromatic N) is 3. The molecule has 1 aromatic carbocycles. The van der Waals surface area contributed by atoms with Gasteiger partial charge in [0.2, 0.25) is 0 Å². The van der Waals surface area contributed by atoms with Crippen LogP contribution in [0.1, 0.15) is 5.56 Å². The number of rotatable bonds is 4. The maximum absolute atomic E-state index is 5.34. The summed E-state index contributed by atoms with van der Waals surface area (Å²) in [7, 11) is 1.68. The molecule has 1 N–H and O–H groups in total. The van der Waals surface area contributed by atoms with Crippen LogP contribution >= 0.6 is 0 Å². The summed E-state index contributed by atoms with van der Waals surface area (Å²) in [6.45, 7) is 3.75. The van der Waals surface area contributed by atoms with Gasteiger partial charge in [-0.15, -0.1) is 0 Å². The van der Waals surface area contributed by atoms with Gasteiger partial charge in [0.15, 0.2) is 0 Å². The molecule has 0 radical (unpaired) electrons. The Labute approximate surface area is 130 Å². The lowest BCUT2D eigenvalue weighted by Gasteiger charge is -2.28. The van der Waals surface area contributed by atoms with Crippen molar-refractivity contribution in [2.75, 3.05) is 38.2 Å². The molecule has 5 nitrogen and oxygen atoms in total. The van der Waals surface area contributed by atoms with Crippen LogP contribution in [-0.4, -0.2) is 44.5 Å². The Bertz CT molecular complexity index is 622. The largest absolute Gasteiger partial charge is 0.496 e. The molecule has 0 unspecified atom stereocenters. The quantitative estimate of drug-likeness (QED) is 0.806.